The average molecular weight is 271 g/mol. The molecular formula is C13H15ClO2S. The predicted molar refractivity (Wildman–Crippen MR) is 69.6 cm³/mol. The van der Waals surface area contributed by atoms with E-state index in [1.54, 1.807) is 11.8 Å². The second-order valence-corrected chi connectivity index (χ2v) is 6.75. The largest absolute Gasteiger partial charge is 0.387 e. The molecule has 0 amide bonds. The molecule has 2 saturated heterocycles. The maximum Gasteiger partial charge on any atom is 0.100 e. The first-order valence-corrected chi connectivity index (χ1v) is 7.13. The predicted octanol–water partition coefficient (Wildman–Crippen LogP) is 2.68. The summed E-state index contributed by atoms with van der Waals surface area (Å²) in [6, 6.07) is 10.1. The maximum absolute atomic E-state index is 10.3. The fourth-order valence-electron chi connectivity index (χ4n) is 2.69. The van der Waals surface area contributed by atoms with Crippen molar-refractivity contribution in [2.75, 3.05) is 0 Å². The highest BCUT2D eigenvalue weighted by Gasteiger charge is 2.59. The van der Waals surface area contributed by atoms with Gasteiger partial charge in [0.05, 0.1) is 22.3 Å². The van der Waals surface area contributed by atoms with Crippen molar-refractivity contribution in [3.63, 3.8) is 0 Å². The lowest BCUT2D eigenvalue weighted by Gasteiger charge is -2.33. The van der Waals surface area contributed by atoms with Gasteiger partial charge in [0.25, 0.3) is 0 Å². The molecule has 2 aliphatic rings. The van der Waals surface area contributed by atoms with Crippen molar-refractivity contribution in [1.29, 1.82) is 0 Å². The number of fused-ring (bicyclic) bond motifs is 2. The second kappa shape index (κ2) is 4.16. The zero-order chi connectivity index (χ0) is 12.0. The van der Waals surface area contributed by atoms with Crippen molar-refractivity contribution < 1.29 is 9.84 Å². The summed E-state index contributed by atoms with van der Waals surface area (Å²) in [6.07, 6.45) is 0.496. The molecule has 0 saturated carbocycles. The van der Waals surface area contributed by atoms with Crippen LogP contribution in [-0.4, -0.2) is 33.5 Å². The van der Waals surface area contributed by atoms with E-state index in [2.05, 4.69) is 12.1 Å². The van der Waals surface area contributed by atoms with Gasteiger partial charge in [-0.2, -0.15) is 0 Å². The molecule has 2 heterocycles. The minimum atomic E-state index is -0.734. The lowest BCUT2D eigenvalue weighted by Crippen LogP contribution is -2.47. The van der Waals surface area contributed by atoms with Gasteiger partial charge < -0.3 is 9.84 Å². The third kappa shape index (κ3) is 1.99. The first-order valence-electron chi connectivity index (χ1n) is 5.81. The number of hydrogen-bond donors (Lipinski definition) is 1. The standard InChI is InChI=1S/C13H15ClO2S/c1-13(15)7-9-10(14)11(12(13)16-9)17-8-5-3-2-4-6-8/h2-6,9-12,15H,7H2,1H3/t9-,10+,11-,12-,13-/m0/s1. The van der Waals surface area contributed by atoms with Crippen LogP contribution >= 0.6 is 23.4 Å². The molecule has 2 aliphatic heterocycles. The topological polar surface area (TPSA) is 29.5 Å². The highest BCUT2D eigenvalue weighted by atomic mass is 35.5. The van der Waals surface area contributed by atoms with E-state index in [9.17, 15) is 5.11 Å². The molecule has 1 N–H and O–H groups in total. The third-order valence-electron chi connectivity index (χ3n) is 3.53. The molecule has 92 valence electrons. The Labute approximate surface area is 110 Å². The Morgan fingerprint density at radius 2 is 2.12 bits per heavy atom. The van der Waals surface area contributed by atoms with Gasteiger partial charge in [-0.3, -0.25) is 0 Å². The van der Waals surface area contributed by atoms with E-state index in [0.717, 1.165) is 0 Å². The molecule has 1 aromatic rings. The van der Waals surface area contributed by atoms with Gasteiger partial charge in [-0.25, -0.2) is 0 Å². The Hall–Kier alpha value is -0.220. The summed E-state index contributed by atoms with van der Waals surface area (Å²) in [7, 11) is 0. The summed E-state index contributed by atoms with van der Waals surface area (Å²) >= 11 is 8.10. The second-order valence-electron chi connectivity index (χ2n) is 5.00. The van der Waals surface area contributed by atoms with Gasteiger partial charge >= 0.3 is 0 Å². The summed E-state index contributed by atoms with van der Waals surface area (Å²) in [5.41, 5.74) is -0.734. The molecule has 0 unspecified atom stereocenters. The quantitative estimate of drug-likeness (QED) is 0.838. The summed E-state index contributed by atoms with van der Waals surface area (Å²) in [5, 5.41) is 10.4. The maximum atomic E-state index is 10.3. The SMILES string of the molecule is C[C@]1(O)C[C@@H]2O[C@H]1[C@@H](Sc1ccccc1)[C@@H]2Cl. The van der Waals surface area contributed by atoms with Crippen LogP contribution in [-0.2, 0) is 4.74 Å². The van der Waals surface area contributed by atoms with Crippen molar-refractivity contribution in [2.45, 2.75) is 46.7 Å². The first kappa shape index (κ1) is 11.8. The number of alkyl halides is 1. The van der Waals surface area contributed by atoms with Crippen LogP contribution in [0.1, 0.15) is 13.3 Å². The highest BCUT2D eigenvalue weighted by molar-refractivity contribution is 8.00. The zero-order valence-corrected chi connectivity index (χ0v) is 11.1. The number of thioether (sulfide) groups is 1. The molecule has 5 atom stereocenters. The van der Waals surface area contributed by atoms with Crippen LogP contribution in [0.4, 0.5) is 0 Å². The summed E-state index contributed by atoms with van der Waals surface area (Å²) in [4.78, 5) is 1.18. The van der Waals surface area contributed by atoms with Crippen LogP contribution in [0.25, 0.3) is 0 Å². The zero-order valence-electron chi connectivity index (χ0n) is 9.54. The third-order valence-corrected chi connectivity index (χ3v) is 5.59. The number of benzene rings is 1. The van der Waals surface area contributed by atoms with Gasteiger partial charge in [0.1, 0.15) is 6.10 Å². The number of aliphatic hydroxyl groups is 1. The van der Waals surface area contributed by atoms with Crippen LogP contribution in [0.3, 0.4) is 0 Å². The molecule has 0 aliphatic carbocycles. The Morgan fingerprint density at radius 1 is 1.41 bits per heavy atom. The fraction of sp³-hybridized carbons (Fsp3) is 0.538. The Kier molecular flexibility index (Phi) is 2.90. The van der Waals surface area contributed by atoms with E-state index in [1.165, 1.54) is 4.90 Å². The number of halogens is 1. The monoisotopic (exact) mass is 270 g/mol. The van der Waals surface area contributed by atoms with Crippen LogP contribution < -0.4 is 0 Å². The van der Waals surface area contributed by atoms with Crippen LogP contribution in [0, 0.1) is 0 Å². The molecule has 2 bridgehead atoms. The van der Waals surface area contributed by atoms with Crippen molar-refractivity contribution in [1.82, 2.24) is 0 Å². The molecule has 0 spiro atoms. The van der Waals surface area contributed by atoms with Gasteiger partial charge in [-0.1, -0.05) is 18.2 Å². The fourth-order valence-corrected chi connectivity index (χ4v) is 4.54. The van der Waals surface area contributed by atoms with Crippen molar-refractivity contribution in [3.8, 4) is 0 Å². The van der Waals surface area contributed by atoms with Crippen LogP contribution in [0.15, 0.2) is 35.2 Å². The average Bonchev–Trinajstić information content (AvgIpc) is 2.76. The Bertz CT molecular complexity index is 409. The van der Waals surface area contributed by atoms with Gasteiger partial charge in [0, 0.05) is 11.3 Å². The van der Waals surface area contributed by atoms with Gasteiger partial charge in [-0.15, -0.1) is 23.4 Å². The molecule has 2 nitrogen and oxygen atoms in total. The lowest BCUT2D eigenvalue weighted by atomic mass is 9.86. The van der Waals surface area contributed by atoms with Crippen molar-refractivity contribution >= 4 is 23.4 Å². The molecule has 0 radical (unpaired) electrons. The van der Waals surface area contributed by atoms with Crippen LogP contribution in [0.2, 0.25) is 0 Å². The molecular weight excluding hydrogens is 256 g/mol. The van der Waals surface area contributed by atoms with Crippen LogP contribution in [0.5, 0.6) is 0 Å². The highest BCUT2D eigenvalue weighted by Crippen LogP contribution is 2.50. The molecule has 4 heteroatoms. The molecule has 3 rings (SSSR count). The van der Waals surface area contributed by atoms with Gasteiger partial charge in [-0.05, 0) is 19.1 Å². The van der Waals surface area contributed by atoms with E-state index in [-0.39, 0.29) is 22.8 Å². The minimum absolute atomic E-state index is 0.00196. The molecule has 1 aromatic carbocycles. The van der Waals surface area contributed by atoms with E-state index in [0.29, 0.717) is 6.42 Å². The molecule has 0 aromatic heterocycles. The number of ether oxygens (including phenoxy) is 1. The number of rotatable bonds is 2. The van der Waals surface area contributed by atoms with Gasteiger partial charge in [0.15, 0.2) is 0 Å². The Balaban J connectivity index is 1.80. The smallest absolute Gasteiger partial charge is 0.100 e. The summed E-state index contributed by atoms with van der Waals surface area (Å²) in [6.45, 7) is 1.85. The molecule has 17 heavy (non-hydrogen) atoms. The van der Waals surface area contributed by atoms with E-state index in [4.69, 9.17) is 16.3 Å². The summed E-state index contributed by atoms with van der Waals surface area (Å²) in [5.74, 6) is 0. The minimum Gasteiger partial charge on any atom is -0.387 e. The van der Waals surface area contributed by atoms with E-state index >= 15 is 0 Å². The Morgan fingerprint density at radius 3 is 2.76 bits per heavy atom. The summed E-state index contributed by atoms with van der Waals surface area (Å²) < 4.78 is 5.78. The lowest BCUT2D eigenvalue weighted by molar-refractivity contribution is -0.0122. The van der Waals surface area contributed by atoms with Crippen molar-refractivity contribution in [2.24, 2.45) is 0 Å². The van der Waals surface area contributed by atoms with E-state index < -0.39 is 5.60 Å². The normalized spacial score (nSPS) is 44.2. The van der Waals surface area contributed by atoms with Gasteiger partial charge in [0.2, 0.25) is 0 Å². The first-order chi connectivity index (χ1) is 8.08. The van der Waals surface area contributed by atoms with E-state index in [1.807, 2.05) is 25.1 Å². The molecule has 2 fully saturated rings. The number of hydrogen-bond acceptors (Lipinski definition) is 3. The van der Waals surface area contributed by atoms with Crippen molar-refractivity contribution in [3.05, 3.63) is 30.3 Å².